The number of alkyl halides is 2. The number of aryl methyl sites for hydroxylation is 1. The quantitative estimate of drug-likeness (QED) is 0.269. The highest BCUT2D eigenvalue weighted by Crippen LogP contribution is 2.36. The van der Waals surface area contributed by atoms with Crippen LogP contribution in [0.2, 0.25) is 0 Å². The SMILES string of the molecule is Cc1ccc(-c2ccnc3[nH]c(-c4n[nH]c5ccc(-c6cncc(CN7CCC(F)(F)C7)c6)nc45)cc23)s1. The number of nitrogens with zero attached hydrogens (tertiary/aromatic N) is 5. The lowest BCUT2D eigenvalue weighted by atomic mass is 10.1. The van der Waals surface area contributed by atoms with Crippen LogP contribution in [0.15, 0.2) is 61.1 Å². The van der Waals surface area contributed by atoms with Crippen LogP contribution in [-0.4, -0.2) is 54.0 Å². The summed E-state index contributed by atoms with van der Waals surface area (Å²) in [6.07, 6.45) is 5.19. The van der Waals surface area contributed by atoms with Gasteiger partial charge < -0.3 is 4.98 Å². The maximum atomic E-state index is 13.6. The third-order valence-electron chi connectivity index (χ3n) is 6.95. The Bertz CT molecular complexity index is 1800. The van der Waals surface area contributed by atoms with E-state index < -0.39 is 5.92 Å². The first-order valence-corrected chi connectivity index (χ1v) is 13.2. The highest BCUT2D eigenvalue weighted by Gasteiger charge is 2.37. The summed E-state index contributed by atoms with van der Waals surface area (Å²) in [5.41, 5.74) is 7.44. The van der Waals surface area contributed by atoms with Crippen LogP contribution >= 0.6 is 11.3 Å². The molecule has 7 heterocycles. The Hall–Kier alpha value is -4.02. The van der Waals surface area contributed by atoms with Crippen LogP contribution in [0, 0.1) is 6.92 Å². The second-order valence-corrected chi connectivity index (χ2v) is 11.1. The molecular formula is C28H23F2N7S. The van der Waals surface area contributed by atoms with Crippen molar-refractivity contribution < 1.29 is 8.78 Å². The number of halogens is 2. The van der Waals surface area contributed by atoms with E-state index in [0.29, 0.717) is 18.8 Å². The van der Waals surface area contributed by atoms with Crippen molar-refractivity contribution in [1.82, 2.24) is 35.0 Å². The zero-order chi connectivity index (χ0) is 25.9. The van der Waals surface area contributed by atoms with Crippen LogP contribution in [0.5, 0.6) is 0 Å². The van der Waals surface area contributed by atoms with Crippen LogP contribution in [-0.2, 0) is 6.54 Å². The zero-order valence-electron chi connectivity index (χ0n) is 20.5. The number of hydrogen-bond donors (Lipinski definition) is 2. The van der Waals surface area contributed by atoms with Crippen LogP contribution < -0.4 is 0 Å². The molecule has 1 saturated heterocycles. The third-order valence-corrected chi connectivity index (χ3v) is 7.98. The van der Waals surface area contributed by atoms with Crippen molar-refractivity contribution in [2.75, 3.05) is 13.1 Å². The number of H-pyrrole nitrogens is 2. The Kier molecular flexibility index (Phi) is 5.34. The summed E-state index contributed by atoms with van der Waals surface area (Å²) >= 11 is 1.75. The largest absolute Gasteiger partial charge is 0.338 e. The lowest BCUT2D eigenvalue weighted by Crippen LogP contribution is -2.24. The number of likely N-dealkylation sites (tertiary alicyclic amines) is 1. The molecule has 0 aromatic carbocycles. The van der Waals surface area contributed by atoms with Crippen LogP contribution in [0.4, 0.5) is 8.78 Å². The summed E-state index contributed by atoms with van der Waals surface area (Å²) in [7, 11) is 0. The summed E-state index contributed by atoms with van der Waals surface area (Å²) in [4.78, 5) is 21.5. The molecule has 1 fully saturated rings. The van der Waals surface area contributed by atoms with Crippen molar-refractivity contribution in [1.29, 1.82) is 0 Å². The Balaban J connectivity index is 1.24. The van der Waals surface area contributed by atoms with Gasteiger partial charge in [-0.1, -0.05) is 0 Å². The van der Waals surface area contributed by atoms with E-state index in [9.17, 15) is 8.78 Å². The molecule has 0 unspecified atom stereocenters. The summed E-state index contributed by atoms with van der Waals surface area (Å²) in [5.74, 6) is -2.61. The third kappa shape index (κ3) is 4.15. The minimum absolute atomic E-state index is 0.0979. The average Bonchev–Trinajstić information content (AvgIpc) is 3.69. The molecule has 0 aliphatic carbocycles. The standard InChI is InChI=1S/C28H23F2N7S/c1-16-2-5-24(38-16)19-6-8-32-27-20(19)11-23(34-27)26-25-22(35-36-26)4-3-21(33-25)18-10-17(12-31-13-18)14-37-9-7-28(29,30)15-37/h2-6,8,10-13H,7,9,14-15H2,1H3,(H,32,34)(H,35,36). The van der Waals surface area contributed by atoms with E-state index in [1.807, 2.05) is 30.5 Å². The molecule has 0 radical (unpaired) electrons. The predicted molar refractivity (Wildman–Crippen MR) is 145 cm³/mol. The summed E-state index contributed by atoms with van der Waals surface area (Å²) in [6.45, 7) is 2.70. The fraction of sp³-hybridized carbons (Fsp3) is 0.214. The number of aromatic nitrogens is 6. The molecule has 0 amide bonds. The van der Waals surface area contributed by atoms with Gasteiger partial charge in [-0.3, -0.25) is 15.0 Å². The fourth-order valence-corrected chi connectivity index (χ4v) is 6.02. The average molecular weight is 528 g/mol. The van der Waals surface area contributed by atoms with Gasteiger partial charge in [-0.05, 0) is 55.0 Å². The molecule has 0 bridgehead atoms. The topological polar surface area (TPSA) is 86.4 Å². The van der Waals surface area contributed by atoms with Gasteiger partial charge in [0.05, 0.1) is 23.4 Å². The number of fused-ring (bicyclic) bond motifs is 2. The second kappa shape index (κ2) is 8.78. The molecule has 6 aromatic rings. The van der Waals surface area contributed by atoms with Crippen molar-refractivity contribution in [3.63, 3.8) is 0 Å². The van der Waals surface area contributed by atoms with Crippen molar-refractivity contribution >= 4 is 33.4 Å². The molecular weight excluding hydrogens is 504 g/mol. The maximum absolute atomic E-state index is 13.6. The smallest absolute Gasteiger partial charge is 0.261 e. The maximum Gasteiger partial charge on any atom is 0.261 e. The van der Waals surface area contributed by atoms with Crippen molar-refractivity contribution in [2.45, 2.75) is 25.8 Å². The van der Waals surface area contributed by atoms with Crippen LogP contribution in [0.3, 0.4) is 0 Å². The molecule has 0 spiro atoms. The monoisotopic (exact) mass is 527 g/mol. The molecule has 0 atom stereocenters. The molecule has 38 heavy (non-hydrogen) atoms. The number of rotatable bonds is 5. The Morgan fingerprint density at radius 3 is 2.84 bits per heavy atom. The highest BCUT2D eigenvalue weighted by atomic mass is 32.1. The minimum atomic E-state index is -2.61. The molecule has 7 rings (SSSR count). The second-order valence-electron chi connectivity index (χ2n) is 9.78. The number of hydrogen-bond acceptors (Lipinski definition) is 6. The number of pyridine rings is 3. The van der Waals surface area contributed by atoms with Crippen LogP contribution in [0.25, 0.3) is 55.2 Å². The van der Waals surface area contributed by atoms with Gasteiger partial charge in [0.15, 0.2) is 0 Å². The van der Waals surface area contributed by atoms with Gasteiger partial charge in [-0.2, -0.15) is 5.10 Å². The molecule has 2 N–H and O–H groups in total. The van der Waals surface area contributed by atoms with Gasteiger partial charge in [0, 0.05) is 64.4 Å². The van der Waals surface area contributed by atoms with Gasteiger partial charge in [0.2, 0.25) is 0 Å². The predicted octanol–water partition coefficient (Wildman–Crippen LogP) is 6.44. The van der Waals surface area contributed by atoms with Crippen molar-refractivity contribution in [3.05, 3.63) is 71.5 Å². The molecule has 1 aliphatic rings. The van der Waals surface area contributed by atoms with E-state index >= 15 is 0 Å². The molecule has 7 nitrogen and oxygen atoms in total. The van der Waals surface area contributed by atoms with Crippen LogP contribution in [0.1, 0.15) is 16.9 Å². The molecule has 6 aromatic heterocycles. The number of aromatic amines is 2. The van der Waals surface area contributed by atoms with Crippen molar-refractivity contribution in [2.24, 2.45) is 0 Å². The van der Waals surface area contributed by atoms with Gasteiger partial charge >= 0.3 is 0 Å². The zero-order valence-corrected chi connectivity index (χ0v) is 21.3. The number of thiophene rings is 1. The van der Waals surface area contributed by atoms with E-state index in [-0.39, 0.29) is 13.0 Å². The van der Waals surface area contributed by atoms with E-state index in [4.69, 9.17) is 4.98 Å². The van der Waals surface area contributed by atoms with E-state index in [1.165, 1.54) is 9.75 Å². The summed E-state index contributed by atoms with van der Waals surface area (Å²) in [5, 5.41) is 8.68. The summed E-state index contributed by atoms with van der Waals surface area (Å²) in [6, 6.07) is 14.2. The Morgan fingerprint density at radius 1 is 1.11 bits per heavy atom. The van der Waals surface area contributed by atoms with Gasteiger partial charge in [0.25, 0.3) is 5.92 Å². The lowest BCUT2D eigenvalue weighted by molar-refractivity contribution is 0.0115. The first-order chi connectivity index (χ1) is 18.4. The Labute approximate surface area is 220 Å². The molecule has 10 heteroatoms. The van der Waals surface area contributed by atoms with Gasteiger partial charge in [-0.25, -0.2) is 18.7 Å². The van der Waals surface area contributed by atoms with Crippen molar-refractivity contribution in [3.8, 4) is 33.1 Å². The Morgan fingerprint density at radius 2 is 2.03 bits per heavy atom. The molecule has 1 aliphatic heterocycles. The van der Waals surface area contributed by atoms with Gasteiger partial charge in [-0.15, -0.1) is 11.3 Å². The normalized spacial score (nSPS) is 15.7. The first-order valence-electron chi connectivity index (χ1n) is 12.4. The molecule has 0 saturated carbocycles. The lowest BCUT2D eigenvalue weighted by Gasteiger charge is -2.15. The van der Waals surface area contributed by atoms with E-state index in [1.54, 1.807) is 28.6 Å². The highest BCUT2D eigenvalue weighted by molar-refractivity contribution is 7.15. The number of nitrogens with one attached hydrogen (secondary N) is 2. The minimum Gasteiger partial charge on any atom is -0.338 e. The van der Waals surface area contributed by atoms with E-state index in [2.05, 4.69) is 50.3 Å². The first kappa shape index (κ1) is 23.1. The van der Waals surface area contributed by atoms with Gasteiger partial charge in [0.1, 0.15) is 16.9 Å². The summed E-state index contributed by atoms with van der Waals surface area (Å²) < 4.78 is 27.3. The fourth-order valence-electron chi connectivity index (χ4n) is 5.11. The molecule has 190 valence electrons. The van der Waals surface area contributed by atoms with E-state index in [0.717, 1.165) is 50.1 Å².